The fourth-order valence-corrected chi connectivity index (χ4v) is 2.31. The van der Waals surface area contributed by atoms with Gasteiger partial charge in [-0.15, -0.1) is 0 Å². The zero-order chi connectivity index (χ0) is 17.1. The molecular formula is C16H31N3O3. The second-order valence-corrected chi connectivity index (χ2v) is 6.08. The maximum absolute atomic E-state index is 11.9. The van der Waals surface area contributed by atoms with E-state index in [0.29, 0.717) is 5.92 Å². The molecule has 1 unspecified atom stereocenters. The number of aldehydes is 1. The lowest BCUT2D eigenvalue weighted by Gasteiger charge is -2.19. The van der Waals surface area contributed by atoms with Crippen molar-refractivity contribution in [1.82, 2.24) is 5.32 Å². The topological polar surface area (TPSA) is 115 Å². The zero-order valence-electron chi connectivity index (χ0n) is 14.0. The van der Waals surface area contributed by atoms with Crippen molar-refractivity contribution >= 4 is 18.0 Å². The Morgan fingerprint density at radius 1 is 1.23 bits per heavy atom. The molecule has 0 bridgehead atoms. The Balaban J connectivity index is 3.93. The minimum Gasteiger partial charge on any atom is -0.370 e. The third kappa shape index (κ3) is 8.24. The van der Waals surface area contributed by atoms with Crippen LogP contribution in [0.4, 0.5) is 0 Å². The van der Waals surface area contributed by atoms with Gasteiger partial charge in [0.05, 0.1) is 12.1 Å². The summed E-state index contributed by atoms with van der Waals surface area (Å²) in [6.45, 7) is 6.68. The molecule has 22 heavy (non-hydrogen) atoms. The van der Waals surface area contributed by atoms with Crippen LogP contribution in [0, 0.1) is 11.8 Å². The monoisotopic (exact) mass is 313 g/mol. The lowest BCUT2D eigenvalue weighted by Crippen LogP contribution is -2.38. The van der Waals surface area contributed by atoms with Crippen LogP contribution < -0.4 is 16.8 Å². The minimum absolute atomic E-state index is 0.0966. The van der Waals surface area contributed by atoms with Crippen LogP contribution in [0.25, 0.3) is 0 Å². The summed E-state index contributed by atoms with van der Waals surface area (Å²) in [5.41, 5.74) is 10.7. The van der Waals surface area contributed by atoms with E-state index in [4.69, 9.17) is 11.5 Å². The first-order valence-electron chi connectivity index (χ1n) is 8.09. The predicted octanol–water partition coefficient (Wildman–Crippen LogP) is 0.768. The molecule has 0 saturated carbocycles. The summed E-state index contributed by atoms with van der Waals surface area (Å²) in [5, 5.41) is 3.23. The average molecular weight is 313 g/mol. The Bertz CT molecular complexity index is 361. The van der Waals surface area contributed by atoms with Gasteiger partial charge in [-0.1, -0.05) is 33.6 Å². The number of carbonyl (C=O) groups is 3. The van der Waals surface area contributed by atoms with Crippen LogP contribution in [0.2, 0.25) is 0 Å². The Labute approximate surface area is 133 Å². The van der Waals surface area contributed by atoms with Crippen molar-refractivity contribution in [2.45, 2.75) is 65.0 Å². The average Bonchev–Trinajstić information content (AvgIpc) is 2.48. The minimum atomic E-state index is -0.796. The predicted molar refractivity (Wildman–Crippen MR) is 87.1 cm³/mol. The maximum atomic E-state index is 11.9. The van der Waals surface area contributed by atoms with Crippen molar-refractivity contribution in [2.24, 2.45) is 23.3 Å². The molecular weight excluding hydrogens is 282 g/mol. The molecule has 6 nitrogen and oxygen atoms in total. The van der Waals surface area contributed by atoms with Gasteiger partial charge < -0.3 is 21.6 Å². The van der Waals surface area contributed by atoms with Gasteiger partial charge in [-0.05, 0) is 25.3 Å². The van der Waals surface area contributed by atoms with Gasteiger partial charge in [0.1, 0.15) is 6.29 Å². The Kier molecular flexibility index (Phi) is 10.7. The summed E-state index contributed by atoms with van der Waals surface area (Å²) in [6.07, 6.45) is 4.31. The molecule has 128 valence electrons. The van der Waals surface area contributed by atoms with Crippen molar-refractivity contribution in [2.75, 3.05) is 6.54 Å². The Hall–Kier alpha value is -1.27. The summed E-state index contributed by atoms with van der Waals surface area (Å²) in [5.74, 6) is -0.519. The van der Waals surface area contributed by atoms with E-state index in [0.717, 1.165) is 38.5 Å². The molecule has 0 aliphatic carbocycles. The lowest BCUT2D eigenvalue weighted by atomic mass is 9.93. The van der Waals surface area contributed by atoms with E-state index in [1.165, 1.54) is 0 Å². The molecule has 4 atom stereocenters. The number of hydrogen-bond acceptors (Lipinski definition) is 5. The van der Waals surface area contributed by atoms with Crippen LogP contribution in [0.5, 0.6) is 0 Å². The zero-order valence-corrected chi connectivity index (χ0v) is 14.0. The second-order valence-electron chi connectivity index (χ2n) is 6.08. The number of nitrogens with one attached hydrogen (secondary N) is 1. The van der Waals surface area contributed by atoms with Crippen LogP contribution >= 0.6 is 0 Å². The highest BCUT2D eigenvalue weighted by molar-refractivity contribution is 5.90. The van der Waals surface area contributed by atoms with Crippen molar-refractivity contribution in [3.63, 3.8) is 0 Å². The van der Waals surface area contributed by atoms with Gasteiger partial charge in [0, 0.05) is 12.3 Å². The van der Waals surface area contributed by atoms with Gasteiger partial charge in [0.25, 0.3) is 0 Å². The third-order valence-corrected chi connectivity index (χ3v) is 4.12. The van der Waals surface area contributed by atoms with Gasteiger partial charge >= 0.3 is 0 Å². The lowest BCUT2D eigenvalue weighted by molar-refractivity contribution is -0.127. The molecule has 6 heteroatoms. The van der Waals surface area contributed by atoms with E-state index in [9.17, 15) is 14.4 Å². The molecule has 0 fully saturated rings. The van der Waals surface area contributed by atoms with E-state index in [1.807, 2.05) is 13.8 Å². The largest absolute Gasteiger partial charge is 0.370 e. The fraction of sp³-hybridized carbons (Fsp3) is 0.812. The van der Waals surface area contributed by atoms with Gasteiger partial charge in [-0.3, -0.25) is 9.59 Å². The molecule has 0 saturated heterocycles. The number of amides is 1. The first-order chi connectivity index (χ1) is 10.3. The quantitative estimate of drug-likeness (QED) is 0.343. The van der Waals surface area contributed by atoms with Gasteiger partial charge in [-0.2, -0.15) is 0 Å². The number of Topliss-reactive ketones (excluding diaryl/α,β-unsaturated/α-hetero) is 1. The molecule has 0 aromatic rings. The molecule has 0 rings (SSSR count). The first-order valence-corrected chi connectivity index (χ1v) is 8.09. The number of hydrogen-bond donors (Lipinski definition) is 3. The molecule has 0 aliphatic heterocycles. The van der Waals surface area contributed by atoms with Crippen LogP contribution in [0.3, 0.4) is 0 Å². The molecule has 0 aromatic carbocycles. The van der Waals surface area contributed by atoms with Gasteiger partial charge in [0.15, 0.2) is 5.78 Å². The van der Waals surface area contributed by atoms with E-state index < -0.39 is 11.9 Å². The van der Waals surface area contributed by atoms with Gasteiger partial charge in [-0.25, -0.2) is 0 Å². The maximum Gasteiger partial charge on any atom is 0.219 e. The molecule has 0 aromatic heterocycles. The summed E-state index contributed by atoms with van der Waals surface area (Å²) in [4.78, 5) is 33.7. The normalized spacial score (nSPS) is 16.5. The summed E-state index contributed by atoms with van der Waals surface area (Å²) >= 11 is 0. The number of primary amides is 1. The van der Waals surface area contributed by atoms with Crippen molar-refractivity contribution < 1.29 is 14.4 Å². The smallest absolute Gasteiger partial charge is 0.219 e. The first kappa shape index (κ1) is 20.7. The second kappa shape index (κ2) is 11.3. The molecule has 0 heterocycles. The van der Waals surface area contributed by atoms with Gasteiger partial charge in [0.2, 0.25) is 5.91 Å². The van der Waals surface area contributed by atoms with Crippen LogP contribution in [0.1, 0.15) is 52.9 Å². The van der Waals surface area contributed by atoms with Crippen molar-refractivity contribution in [1.29, 1.82) is 0 Å². The highest BCUT2D eigenvalue weighted by atomic mass is 16.1. The summed E-state index contributed by atoms with van der Waals surface area (Å²) in [6, 6.07) is -0.900. The van der Waals surface area contributed by atoms with Crippen molar-refractivity contribution in [3.8, 4) is 0 Å². The van der Waals surface area contributed by atoms with E-state index in [2.05, 4.69) is 12.2 Å². The number of nitrogens with two attached hydrogens (primary N) is 2. The SMILES string of the molecule is CC[C@H](C)[C@@H](C=O)NCCCCC(C)C(=O)[C@@H](N)CC(N)=O. The van der Waals surface area contributed by atoms with Crippen LogP contribution in [-0.2, 0) is 14.4 Å². The molecule has 5 N–H and O–H groups in total. The standard InChI is InChI=1S/C16H31N3O3/c1-4-11(2)14(10-20)19-8-6-5-7-12(3)16(22)13(17)9-15(18)21/h10-14,19H,4-9,17H2,1-3H3,(H2,18,21)/t11-,12?,13-,14+/m0/s1. The Morgan fingerprint density at radius 2 is 1.86 bits per heavy atom. The van der Waals surface area contributed by atoms with E-state index >= 15 is 0 Å². The fourth-order valence-electron chi connectivity index (χ4n) is 2.31. The summed E-state index contributed by atoms with van der Waals surface area (Å²) < 4.78 is 0. The van der Waals surface area contributed by atoms with Crippen LogP contribution in [-0.4, -0.2) is 36.6 Å². The summed E-state index contributed by atoms with van der Waals surface area (Å²) in [7, 11) is 0. The number of unbranched alkanes of at least 4 members (excludes halogenated alkanes) is 1. The third-order valence-electron chi connectivity index (χ3n) is 4.12. The number of carbonyl (C=O) groups excluding carboxylic acids is 3. The molecule has 0 aliphatic rings. The highest BCUT2D eigenvalue weighted by Crippen LogP contribution is 2.12. The van der Waals surface area contributed by atoms with Crippen LogP contribution in [0.15, 0.2) is 0 Å². The van der Waals surface area contributed by atoms with E-state index in [-0.39, 0.29) is 24.2 Å². The molecule has 0 spiro atoms. The van der Waals surface area contributed by atoms with E-state index in [1.54, 1.807) is 0 Å². The van der Waals surface area contributed by atoms with Crippen molar-refractivity contribution in [3.05, 3.63) is 0 Å². The molecule has 1 amide bonds. The number of ketones is 1. The molecule has 0 radical (unpaired) electrons. The Morgan fingerprint density at radius 3 is 2.36 bits per heavy atom. The highest BCUT2D eigenvalue weighted by Gasteiger charge is 2.21. The number of rotatable bonds is 13.